The predicted molar refractivity (Wildman–Crippen MR) is 125 cm³/mol. The number of carbonyl (C=O) groups excluding carboxylic acids is 2. The molecule has 4 heteroatoms. The van der Waals surface area contributed by atoms with Crippen molar-refractivity contribution in [3.05, 3.63) is 0 Å². The SMILES string of the molecule is CC(C)CCC[C@@H](C)[C@H]1CCC2C3CC(=O)NC4CNC(=O)CC[C@]4(C)C3CC[C@@]21C. The number of fused-ring (bicyclic) bond motifs is 5. The molecule has 4 fully saturated rings. The van der Waals surface area contributed by atoms with Gasteiger partial charge in [-0.15, -0.1) is 0 Å². The molecule has 0 radical (unpaired) electrons. The third-order valence-corrected chi connectivity index (χ3v) is 10.4. The number of hydrogen-bond acceptors (Lipinski definition) is 2. The lowest BCUT2D eigenvalue weighted by Gasteiger charge is -2.54. The topological polar surface area (TPSA) is 58.2 Å². The molecule has 2 amide bonds. The summed E-state index contributed by atoms with van der Waals surface area (Å²) in [5.41, 5.74) is 0.409. The van der Waals surface area contributed by atoms with Gasteiger partial charge in [0.2, 0.25) is 11.8 Å². The summed E-state index contributed by atoms with van der Waals surface area (Å²) in [6.45, 7) is 12.7. The molecule has 0 aromatic rings. The summed E-state index contributed by atoms with van der Waals surface area (Å²) in [6, 6.07) is 0.0814. The fourth-order valence-corrected chi connectivity index (χ4v) is 8.64. The van der Waals surface area contributed by atoms with E-state index in [0.717, 1.165) is 24.2 Å². The molecular weight excluding hydrogens is 384 g/mol. The van der Waals surface area contributed by atoms with Gasteiger partial charge in [-0.25, -0.2) is 0 Å². The average molecular weight is 431 g/mol. The van der Waals surface area contributed by atoms with Gasteiger partial charge in [-0.05, 0) is 78.4 Å². The van der Waals surface area contributed by atoms with E-state index in [-0.39, 0.29) is 23.3 Å². The lowest BCUT2D eigenvalue weighted by atomic mass is 9.50. The van der Waals surface area contributed by atoms with Gasteiger partial charge in [0.25, 0.3) is 0 Å². The van der Waals surface area contributed by atoms with Crippen LogP contribution in [0.25, 0.3) is 0 Å². The number of hydrogen-bond donors (Lipinski definition) is 2. The van der Waals surface area contributed by atoms with Crippen LogP contribution in [0.2, 0.25) is 0 Å². The van der Waals surface area contributed by atoms with Crippen molar-refractivity contribution in [2.75, 3.05) is 6.54 Å². The third-order valence-electron chi connectivity index (χ3n) is 10.4. The zero-order valence-electron chi connectivity index (χ0n) is 20.6. The number of rotatable bonds is 5. The summed E-state index contributed by atoms with van der Waals surface area (Å²) in [7, 11) is 0. The van der Waals surface area contributed by atoms with E-state index >= 15 is 0 Å². The molecule has 2 saturated heterocycles. The number of nitrogens with one attached hydrogen (secondary N) is 2. The van der Waals surface area contributed by atoms with Crippen molar-refractivity contribution in [2.45, 2.75) is 105 Å². The van der Waals surface area contributed by atoms with E-state index in [0.29, 0.717) is 42.6 Å². The fourth-order valence-electron chi connectivity index (χ4n) is 8.64. The van der Waals surface area contributed by atoms with Crippen LogP contribution >= 0.6 is 0 Å². The second-order valence-corrected chi connectivity index (χ2v) is 12.5. The maximum absolute atomic E-state index is 13.0. The first-order valence-corrected chi connectivity index (χ1v) is 13.2. The summed E-state index contributed by atoms with van der Waals surface area (Å²) in [5.74, 6) is 4.46. The van der Waals surface area contributed by atoms with Crippen molar-refractivity contribution >= 4 is 11.8 Å². The first-order chi connectivity index (χ1) is 14.6. The van der Waals surface area contributed by atoms with E-state index < -0.39 is 0 Å². The van der Waals surface area contributed by atoms with Crippen LogP contribution in [0, 0.1) is 46.3 Å². The Morgan fingerprint density at radius 2 is 1.68 bits per heavy atom. The van der Waals surface area contributed by atoms with Crippen LogP contribution in [0.4, 0.5) is 0 Å². The van der Waals surface area contributed by atoms with Gasteiger partial charge in [0, 0.05) is 19.4 Å². The molecule has 2 saturated carbocycles. The lowest BCUT2D eigenvalue weighted by molar-refractivity contribution is -0.124. The molecule has 176 valence electrons. The summed E-state index contributed by atoms with van der Waals surface area (Å²) in [6.07, 6.45) is 11.4. The van der Waals surface area contributed by atoms with Gasteiger partial charge in [0.1, 0.15) is 0 Å². The van der Waals surface area contributed by atoms with Gasteiger partial charge in [0.05, 0.1) is 6.04 Å². The Labute approximate surface area is 190 Å². The highest BCUT2D eigenvalue weighted by molar-refractivity contribution is 5.79. The van der Waals surface area contributed by atoms with Crippen LogP contribution in [-0.4, -0.2) is 24.4 Å². The second-order valence-electron chi connectivity index (χ2n) is 12.5. The summed E-state index contributed by atoms with van der Waals surface area (Å²) in [5, 5.41) is 6.41. The molecule has 0 aromatic heterocycles. The average Bonchev–Trinajstić information content (AvgIpc) is 2.93. The smallest absolute Gasteiger partial charge is 0.220 e. The minimum absolute atomic E-state index is 0.0261. The molecule has 4 unspecified atom stereocenters. The number of carbonyl (C=O) groups is 2. The van der Waals surface area contributed by atoms with Crippen LogP contribution < -0.4 is 10.6 Å². The van der Waals surface area contributed by atoms with Gasteiger partial charge in [-0.1, -0.05) is 53.9 Å². The van der Waals surface area contributed by atoms with Crippen LogP contribution in [0.15, 0.2) is 0 Å². The van der Waals surface area contributed by atoms with Crippen molar-refractivity contribution in [1.82, 2.24) is 10.6 Å². The van der Waals surface area contributed by atoms with E-state index in [4.69, 9.17) is 0 Å². The van der Waals surface area contributed by atoms with Crippen LogP contribution in [0.3, 0.4) is 0 Å². The van der Waals surface area contributed by atoms with Crippen molar-refractivity contribution in [2.24, 2.45) is 46.3 Å². The van der Waals surface area contributed by atoms with Crippen molar-refractivity contribution in [3.63, 3.8) is 0 Å². The number of amides is 2. The highest BCUT2D eigenvalue weighted by atomic mass is 16.2. The Morgan fingerprint density at radius 1 is 0.935 bits per heavy atom. The van der Waals surface area contributed by atoms with E-state index in [1.54, 1.807) is 0 Å². The first kappa shape index (κ1) is 23.1. The Hall–Kier alpha value is -1.06. The van der Waals surface area contributed by atoms with E-state index in [1.807, 2.05) is 0 Å². The predicted octanol–water partition coefficient (Wildman–Crippen LogP) is 5.31. The van der Waals surface area contributed by atoms with Crippen molar-refractivity contribution in [3.8, 4) is 0 Å². The molecule has 4 aliphatic rings. The molecule has 0 aromatic carbocycles. The Morgan fingerprint density at radius 3 is 2.42 bits per heavy atom. The molecule has 2 heterocycles. The Balaban J connectivity index is 1.55. The van der Waals surface area contributed by atoms with E-state index in [2.05, 4.69) is 45.3 Å². The van der Waals surface area contributed by atoms with Crippen LogP contribution in [-0.2, 0) is 9.59 Å². The zero-order valence-corrected chi connectivity index (χ0v) is 20.6. The van der Waals surface area contributed by atoms with E-state index in [1.165, 1.54) is 44.9 Å². The van der Waals surface area contributed by atoms with Crippen molar-refractivity contribution in [1.29, 1.82) is 0 Å². The molecule has 2 N–H and O–H groups in total. The van der Waals surface area contributed by atoms with Crippen LogP contribution in [0.5, 0.6) is 0 Å². The normalized spacial score (nSPS) is 43.7. The largest absolute Gasteiger partial charge is 0.354 e. The second kappa shape index (κ2) is 8.71. The molecule has 0 spiro atoms. The van der Waals surface area contributed by atoms with Gasteiger partial charge in [0.15, 0.2) is 0 Å². The third kappa shape index (κ3) is 4.17. The summed E-state index contributed by atoms with van der Waals surface area (Å²) in [4.78, 5) is 25.2. The summed E-state index contributed by atoms with van der Waals surface area (Å²) >= 11 is 0. The van der Waals surface area contributed by atoms with E-state index in [9.17, 15) is 9.59 Å². The molecule has 4 rings (SSSR count). The zero-order chi connectivity index (χ0) is 22.4. The highest BCUT2D eigenvalue weighted by Gasteiger charge is 2.60. The maximum Gasteiger partial charge on any atom is 0.220 e. The quantitative estimate of drug-likeness (QED) is 0.621. The molecule has 2 aliphatic heterocycles. The molecule has 8 atom stereocenters. The van der Waals surface area contributed by atoms with Crippen LogP contribution in [0.1, 0.15) is 98.8 Å². The monoisotopic (exact) mass is 430 g/mol. The minimum atomic E-state index is 0.0261. The van der Waals surface area contributed by atoms with Gasteiger partial charge in [-0.3, -0.25) is 9.59 Å². The van der Waals surface area contributed by atoms with Crippen molar-refractivity contribution < 1.29 is 9.59 Å². The first-order valence-electron chi connectivity index (χ1n) is 13.2. The van der Waals surface area contributed by atoms with Gasteiger partial charge >= 0.3 is 0 Å². The Kier molecular flexibility index (Phi) is 6.49. The molecule has 31 heavy (non-hydrogen) atoms. The molecular formula is C27H46N2O2. The highest BCUT2D eigenvalue weighted by Crippen LogP contribution is 2.65. The lowest BCUT2D eigenvalue weighted by Crippen LogP contribution is -2.53. The van der Waals surface area contributed by atoms with Gasteiger partial charge < -0.3 is 10.6 Å². The Bertz CT molecular complexity index is 691. The maximum atomic E-state index is 13.0. The molecule has 0 bridgehead atoms. The van der Waals surface area contributed by atoms with Gasteiger partial charge in [-0.2, -0.15) is 0 Å². The summed E-state index contributed by atoms with van der Waals surface area (Å²) < 4.78 is 0. The molecule has 2 aliphatic carbocycles. The standard InChI is InChI=1S/C27H46N2O2/c1-17(2)7-6-8-18(3)20-9-10-21-19-15-25(31)29-23-16-28-24(30)12-14-27(23,5)22(19)11-13-26(20,21)4/h17-23H,6-16H2,1-5H3,(H,28,30)(H,29,31)/t18-,19?,20-,21?,22?,23?,26-,27-/m1/s1. The molecule has 4 nitrogen and oxygen atoms in total. The minimum Gasteiger partial charge on any atom is -0.354 e. The fraction of sp³-hybridized carbons (Fsp3) is 0.926.